The van der Waals surface area contributed by atoms with Crippen LogP contribution in [0.5, 0.6) is 0 Å². The van der Waals surface area contributed by atoms with Crippen molar-refractivity contribution in [2.45, 2.75) is 36.1 Å². The number of halogens is 1. The van der Waals surface area contributed by atoms with Gasteiger partial charge in [-0.2, -0.15) is 4.31 Å². The maximum atomic E-state index is 13.1. The Bertz CT molecular complexity index is 1090. The lowest BCUT2D eigenvalue weighted by molar-refractivity contribution is -0.145. The van der Waals surface area contributed by atoms with E-state index in [9.17, 15) is 13.2 Å². The van der Waals surface area contributed by atoms with Gasteiger partial charge in [-0.1, -0.05) is 46.3 Å². The molecule has 1 atom stereocenters. The van der Waals surface area contributed by atoms with E-state index in [4.69, 9.17) is 4.74 Å². The number of carbonyl (C=O) groups is 1. The Morgan fingerprint density at radius 3 is 2.41 bits per heavy atom. The van der Waals surface area contributed by atoms with Crippen LogP contribution in [-0.4, -0.2) is 73.0 Å². The van der Waals surface area contributed by atoms with Gasteiger partial charge in [-0.3, -0.25) is 9.69 Å². The van der Waals surface area contributed by atoms with Gasteiger partial charge in [0, 0.05) is 24.1 Å². The first-order valence-corrected chi connectivity index (χ1v) is 13.1. The molecule has 0 N–H and O–H groups in total. The highest BCUT2D eigenvalue weighted by molar-refractivity contribution is 9.10. The number of piperazine rings is 1. The average molecular weight is 520 g/mol. The number of fused-ring (bicyclic) bond motifs is 1. The van der Waals surface area contributed by atoms with Gasteiger partial charge in [0.15, 0.2) is 0 Å². The molecule has 7 nitrogen and oxygen atoms in total. The second kappa shape index (κ2) is 8.53. The molecule has 1 amide bonds. The molecular weight excluding hydrogens is 494 g/mol. The van der Waals surface area contributed by atoms with Crippen LogP contribution < -0.4 is 0 Å². The van der Waals surface area contributed by atoms with Crippen LogP contribution >= 0.6 is 15.9 Å². The molecule has 0 bridgehead atoms. The summed E-state index contributed by atoms with van der Waals surface area (Å²) in [5.74, 6) is -0.189. The molecule has 3 aliphatic rings. The van der Waals surface area contributed by atoms with Gasteiger partial charge in [-0.15, -0.1) is 0 Å². The summed E-state index contributed by atoms with van der Waals surface area (Å²) >= 11 is 3.33. The van der Waals surface area contributed by atoms with Crippen molar-refractivity contribution >= 4 is 31.9 Å². The molecule has 3 saturated heterocycles. The standard InChI is InChI=1S/C23H26BrN3O4S/c24-19-6-8-20(9-7-19)32(29,30)26-15-21(28)27-17-23(31-22(27)16-26)10-12-25(13-11-23)14-18-4-2-1-3-5-18/h1-9,22H,10-17H2. The third-order valence-electron chi connectivity index (χ3n) is 6.65. The smallest absolute Gasteiger partial charge is 0.243 e. The maximum absolute atomic E-state index is 13.1. The highest BCUT2D eigenvalue weighted by Gasteiger charge is 2.52. The molecule has 1 spiro atoms. The van der Waals surface area contributed by atoms with Crippen molar-refractivity contribution in [3.05, 3.63) is 64.6 Å². The summed E-state index contributed by atoms with van der Waals surface area (Å²) in [6, 6.07) is 16.9. The van der Waals surface area contributed by atoms with Crippen LogP contribution in [0.4, 0.5) is 0 Å². The van der Waals surface area contributed by atoms with Gasteiger partial charge in [0.05, 0.1) is 30.1 Å². The minimum Gasteiger partial charge on any atom is -0.348 e. The van der Waals surface area contributed by atoms with E-state index in [-0.39, 0.29) is 29.5 Å². The van der Waals surface area contributed by atoms with Gasteiger partial charge in [0.25, 0.3) is 0 Å². The zero-order valence-electron chi connectivity index (χ0n) is 17.7. The number of sulfonamides is 1. The molecule has 32 heavy (non-hydrogen) atoms. The molecule has 170 valence electrons. The molecule has 0 aromatic heterocycles. The van der Waals surface area contributed by atoms with Gasteiger partial charge in [0.1, 0.15) is 6.23 Å². The Labute approximate surface area is 197 Å². The van der Waals surface area contributed by atoms with E-state index in [1.54, 1.807) is 29.2 Å². The predicted molar refractivity (Wildman–Crippen MR) is 123 cm³/mol. The average Bonchev–Trinajstić information content (AvgIpc) is 3.15. The van der Waals surface area contributed by atoms with Crippen molar-refractivity contribution in [2.75, 3.05) is 32.7 Å². The second-order valence-corrected chi connectivity index (χ2v) is 11.6. The van der Waals surface area contributed by atoms with E-state index in [0.29, 0.717) is 6.54 Å². The molecule has 0 aliphatic carbocycles. The minimum absolute atomic E-state index is 0.144. The van der Waals surface area contributed by atoms with Crippen LogP contribution in [0.15, 0.2) is 64.0 Å². The van der Waals surface area contributed by atoms with Crippen molar-refractivity contribution < 1.29 is 17.9 Å². The lowest BCUT2D eigenvalue weighted by Crippen LogP contribution is -2.55. The molecule has 3 heterocycles. The number of ether oxygens (including phenoxy) is 1. The van der Waals surface area contributed by atoms with Crippen molar-refractivity contribution in [2.24, 2.45) is 0 Å². The van der Waals surface area contributed by atoms with E-state index >= 15 is 0 Å². The second-order valence-electron chi connectivity index (χ2n) is 8.79. The number of amides is 1. The molecule has 0 radical (unpaired) electrons. The number of rotatable bonds is 4. The van der Waals surface area contributed by atoms with Gasteiger partial charge in [-0.25, -0.2) is 8.42 Å². The van der Waals surface area contributed by atoms with Crippen molar-refractivity contribution in [1.82, 2.24) is 14.1 Å². The van der Waals surface area contributed by atoms with Crippen LogP contribution in [0, 0.1) is 0 Å². The Morgan fingerprint density at radius 1 is 1.03 bits per heavy atom. The zero-order valence-corrected chi connectivity index (χ0v) is 20.1. The van der Waals surface area contributed by atoms with E-state index in [1.807, 2.05) is 6.07 Å². The van der Waals surface area contributed by atoms with Crippen molar-refractivity contribution in [1.29, 1.82) is 0 Å². The first-order chi connectivity index (χ1) is 15.3. The molecule has 3 fully saturated rings. The Kier molecular flexibility index (Phi) is 5.88. The van der Waals surface area contributed by atoms with Crippen LogP contribution in [0.25, 0.3) is 0 Å². The van der Waals surface area contributed by atoms with Gasteiger partial charge in [-0.05, 0) is 42.7 Å². The number of likely N-dealkylation sites (tertiary alicyclic amines) is 1. The third-order valence-corrected chi connectivity index (χ3v) is 9.01. The number of benzene rings is 2. The van der Waals surface area contributed by atoms with Gasteiger partial charge >= 0.3 is 0 Å². The first kappa shape index (κ1) is 22.0. The molecule has 9 heteroatoms. The van der Waals surface area contributed by atoms with E-state index in [2.05, 4.69) is 45.1 Å². The van der Waals surface area contributed by atoms with E-state index in [0.717, 1.165) is 36.9 Å². The molecule has 2 aromatic carbocycles. The molecule has 5 rings (SSSR count). The highest BCUT2D eigenvalue weighted by Crippen LogP contribution is 2.38. The first-order valence-electron chi connectivity index (χ1n) is 10.8. The number of carbonyl (C=O) groups excluding carboxylic acids is 1. The van der Waals surface area contributed by atoms with Crippen LogP contribution in [0.3, 0.4) is 0 Å². The number of hydrogen-bond acceptors (Lipinski definition) is 5. The molecule has 3 aliphatic heterocycles. The van der Waals surface area contributed by atoms with E-state index < -0.39 is 16.3 Å². The van der Waals surface area contributed by atoms with Crippen molar-refractivity contribution in [3.63, 3.8) is 0 Å². The molecule has 2 aromatic rings. The number of nitrogens with zero attached hydrogens (tertiary/aromatic N) is 3. The van der Waals surface area contributed by atoms with E-state index in [1.165, 1.54) is 9.87 Å². The Balaban J connectivity index is 1.25. The summed E-state index contributed by atoms with van der Waals surface area (Å²) in [7, 11) is -3.76. The SMILES string of the molecule is O=C1CN(S(=O)(=O)c2ccc(Br)cc2)CC2OC3(CCN(Cc4ccccc4)CC3)CN12. The zero-order chi connectivity index (χ0) is 22.3. The Hall–Kier alpha value is -1.78. The number of piperidine rings is 1. The normalized spacial score (nSPS) is 24.1. The fourth-order valence-electron chi connectivity index (χ4n) is 4.84. The molecule has 0 saturated carbocycles. The summed E-state index contributed by atoms with van der Waals surface area (Å²) in [5, 5.41) is 0. The van der Waals surface area contributed by atoms with Gasteiger partial charge < -0.3 is 9.64 Å². The summed E-state index contributed by atoms with van der Waals surface area (Å²) < 4.78 is 34.7. The van der Waals surface area contributed by atoms with Crippen molar-refractivity contribution in [3.8, 4) is 0 Å². The highest BCUT2D eigenvalue weighted by atomic mass is 79.9. The fourth-order valence-corrected chi connectivity index (χ4v) is 6.49. The summed E-state index contributed by atoms with van der Waals surface area (Å²) in [6.45, 7) is 3.26. The van der Waals surface area contributed by atoms with Crippen LogP contribution in [-0.2, 0) is 26.1 Å². The monoisotopic (exact) mass is 519 g/mol. The lowest BCUT2D eigenvalue weighted by atomic mass is 9.91. The lowest BCUT2D eigenvalue weighted by Gasteiger charge is -2.38. The fraction of sp³-hybridized carbons (Fsp3) is 0.435. The topological polar surface area (TPSA) is 70.2 Å². The van der Waals surface area contributed by atoms with Gasteiger partial charge in [0.2, 0.25) is 15.9 Å². The third kappa shape index (κ3) is 4.24. The maximum Gasteiger partial charge on any atom is 0.243 e. The Morgan fingerprint density at radius 2 is 1.72 bits per heavy atom. The van der Waals surface area contributed by atoms with Crippen LogP contribution in [0.1, 0.15) is 18.4 Å². The summed E-state index contributed by atoms with van der Waals surface area (Å²) in [6.07, 6.45) is 1.14. The largest absolute Gasteiger partial charge is 0.348 e. The predicted octanol–water partition coefficient (Wildman–Crippen LogP) is 2.67. The quantitative estimate of drug-likeness (QED) is 0.620. The molecule has 1 unspecified atom stereocenters. The minimum atomic E-state index is -3.76. The van der Waals surface area contributed by atoms with Crippen LogP contribution in [0.2, 0.25) is 0 Å². The number of hydrogen-bond donors (Lipinski definition) is 0. The summed E-state index contributed by atoms with van der Waals surface area (Å²) in [4.78, 5) is 17.2. The summed E-state index contributed by atoms with van der Waals surface area (Å²) in [5.41, 5.74) is 0.905. The molecular formula is C23H26BrN3O4S.